The molecular formula is C46H38O. The van der Waals surface area contributed by atoms with Crippen LogP contribution in [-0.2, 0) is 15.6 Å². The number of carbonyl (C=O) groups excluding carboxylic acids is 1. The number of hydrogen-bond donors (Lipinski definition) is 0. The van der Waals surface area contributed by atoms with Crippen molar-refractivity contribution < 1.29 is 4.79 Å². The molecule has 47 heavy (non-hydrogen) atoms. The minimum Gasteiger partial charge on any atom is -0.297 e. The average Bonchev–Trinajstić information content (AvgIpc) is 3.64. The van der Waals surface area contributed by atoms with E-state index in [0.29, 0.717) is 11.7 Å². The van der Waals surface area contributed by atoms with Crippen LogP contribution in [0.25, 0.3) is 27.8 Å². The highest BCUT2D eigenvalue weighted by molar-refractivity contribution is 6.11. The van der Waals surface area contributed by atoms with Crippen molar-refractivity contribution in [3.8, 4) is 22.3 Å². The number of rotatable bonds is 0. The molecule has 0 amide bonds. The molecule has 4 atom stereocenters. The van der Waals surface area contributed by atoms with Gasteiger partial charge in [0.05, 0.1) is 0 Å². The van der Waals surface area contributed by atoms with Gasteiger partial charge in [-0.3, -0.25) is 4.79 Å². The van der Waals surface area contributed by atoms with E-state index in [2.05, 4.69) is 156 Å². The van der Waals surface area contributed by atoms with Crippen molar-refractivity contribution in [2.24, 2.45) is 11.3 Å². The van der Waals surface area contributed by atoms with Gasteiger partial charge in [0.1, 0.15) is 5.41 Å². The topological polar surface area (TPSA) is 17.1 Å². The number of benzene rings is 5. The number of carbonyl (C=O) groups is 1. The van der Waals surface area contributed by atoms with Gasteiger partial charge in [0.2, 0.25) is 0 Å². The predicted octanol–water partition coefficient (Wildman–Crippen LogP) is 10.8. The third-order valence-corrected chi connectivity index (χ3v) is 12.3. The third-order valence-electron chi connectivity index (χ3n) is 12.3. The highest BCUT2D eigenvalue weighted by Gasteiger charge is 2.59. The molecule has 4 unspecified atom stereocenters. The van der Waals surface area contributed by atoms with Gasteiger partial charge in [-0.05, 0) is 95.5 Å². The summed E-state index contributed by atoms with van der Waals surface area (Å²) in [7, 11) is 0. The minimum absolute atomic E-state index is 0.00768. The maximum absolute atomic E-state index is 15.8. The normalized spacial score (nSPS) is 25.0. The molecule has 0 saturated carbocycles. The molecule has 0 bridgehead atoms. The molecule has 1 nitrogen and oxygen atoms in total. The second-order valence-electron chi connectivity index (χ2n) is 16.0. The Morgan fingerprint density at radius 2 is 1.15 bits per heavy atom. The lowest BCUT2D eigenvalue weighted by atomic mass is 9.55. The van der Waals surface area contributed by atoms with Crippen LogP contribution in [0.15, 0.2) is 127 Å². The number of Topliss-reactive ketones (excluding diaryl/α,β-unsaturated/α-hetero) is 1. The third kappa shape index (κ3) is 3.19. The zero-order valence-electron chi connectivity index (χ0n) is 27.7. The van der Waals surface area contributed by atoms with E-state index in [1.807, 2.05) is 0 Å². The van der Waals surface area contributed by atoms with Crippen LogP contribution in [0.4, 0.5) is 0 Å². The summed E-state index contributed by atoms with van der Waals surface area (Å²) >= 11 is 0. The first-order chi connectivity index (χ1) is 22.6. The van der Waals surface area contributed by atoms with Crippen LogP contribution in [-0.4, -0.2) is 5.78 Å². The quantitative estimate of drug-likeness (QED) is 0.171. The molecule has 1 spiro atoms. The Bertz CT molecular complexity index is 2300. The molecule has 5 aromatic carbocycles. The summed E-state index contributed by atoms with van der Waals surface area (Å²) in [5.74, 6) is 0.343. The van der Waals surface area contributed by atoms with Crippen LogP contribution in [0.1, 0.15) is 91.0 Å². The maximum atomic E-state index is 15.8. The molecular weight excluding hydrogens is 569 g/mol. The van der Waals surface area contributed by atoms with Gasteiger partial charge < -0.3 is 0 Å². The van der Waals surface area contributed by atoms with Crippen LogP contribution in [0.3, 0.4) is 0 Å². The maximum Gasteiger partial charge on any atom is 0.160 e. The zero-order chi connectivity index (χ0) is 32.0. The number of hydrogen-bond acceptors (Lipinski definition) is 1. The molecule has 5 aromatic rings. The number of allylic oxidation sites excluding steroid dienone is 4. The van der Waals surface area contributed by atoms with Crippen LogP contribution < -0.4 is 0 Å². The number of ketones is 1. The van der Waals surface area contributed by atoms with E-state index in [4.69, 9.17) is 0 Å². The average molecular weight is 607 g/mol. The van der Waals surface area contributed by atoms with Gasteiger partial charge in [0.25, 0.3) is 0 Å². The van der Waals surface area contributed by atoms with Crippen molar-refractivity contribution in [2.45, 2.75) is 57.3 Å². The van der Waals surface area contributed by atoms with Crippen LogP contribution in [0.5, 0.6) is 0 Å². The van der Waals surface area contributed by atoms with E-state index in [1.165, 1.54) is 61.2 Å². The molecule has 0 radical (unpaired) electrons. The minimum atomic E-state index is -0.872. The van der Waals surface area contributed by atoms with Crippen LogP contribution >= 0.6 is 0 Å². The summed E-state index contributed by atoms with van der Waals surface area (Å²) in [5.41, 5.74) is 16.8. The van der Waals surface area contributed by atoms with Gasteiger partial charge in [0.15, 0.2) is 5.78 Å². The van der Waals surface area contributed by atoms with Crippen molar-refractivity contribution in [3.63, 3.8) is 0 Å². The Balaban J connectivity index is 1.28. The Hall–Kier alpha value is -4.75. The van der Waals surface area contributed by atoms with E-state index in [0.717, 1.165) is 16.7 Å². The van der Waals surface area contributed by atoms with Crippen LogP contribution in [0, 0.1) is 11.3 Å². The smallest absolute Gasteiger partial charge is 0.160 e. The number of fused-ring (bicyclic) bond motifs is 15. The molecule has 0 aliphatic heterocycles. The fourth-order valence-corrected chi connectivity index (χ4v) is 10.4. The van der Waals surface area contributed by atoms with E-state index in [-0.39, 0.29) is 22.7 Å². The van der Waals surface area contributed by atoms with E-state index in [9.17, 15) is 0 Å². The highest BCUT2D eigenvalue weighted by atomic mass is 16.1. The van der Waals surface area contributed by atoms with Gasteiger partial charge in [-0.15, -0.1) is 0 Å². The molecule has 228 valence electrons. The van der Waals surface area contributed by atoms with E-state index in [1.54, 1.807) is 0 Å². The van der Waals surface area contributed by atoms with Gasteiger partial charge in [0, 0.05) is 23.2 Å². The van der Waals surface area contributed by atoms with Crippen molar-refractivity contribution >= 4 is 11.4 Å². The lowest BCUT2D eigenvalue weighted by Gasteiger charge is -2.44. The van der Waals surface area contributed by atoms with Crippen molar-refractivity contribution in [1.29, 1.82) is 0 Å². The summed E-state index contributed by atoms with van der Waals surface area (Å²) in [6.45, 7) is 11.7. The molecule has 0 N–H and O–H groups in total. The summed E-state index contributed by atoms with van der Waals surface area (Å²) in [6.07, 6.45) is 4.81. The second kappa shape index (κ2) is 8.78. The molecule has 5 aliphatic rings. The Kier molecular flexibility index (Phi) is 5.11. The fraction of sp³-hybridized carbons (Fsp3) is 0.239. The molecule has 0 aromatic heterocycles. The first kappa shape index (κ1) is 27.4. The summed E-state index contributed by atoms with van der Waals surface area (Å²) in [4.78, 5) is 15.8. The largest absolute Gasteiger partial charge is 0.297 e. The summed E-state index contributed by atoms with van der Waals surface area (Å²) in [5, 5.41) is 0. The summed E-state index contributed by atoms with van der Waals surface area (Å²) < 4.78 is 0. The fourth-order valence-electron chi connectivity index (χ4n) is 10.4. The molecule has 0 heterocycles. The van der Waals surface area contributed by atoms with Gasteiger partial charge in [-0.2, -0.15) is 0 Å². The van der Waals surface area contributed by atoms with Crippen molar-refractivity contribution in [2.75, 3.05) is 0 Å². The van der Waals surface area contributed by atoms with Crippen molar-refractivity contribution in [3.05, 3.63) is 171 Å². The lowest BCUT2D eigenvalue weighted by molar-refractivity contribution is -0.125. The predicted molar refractivity (Wildman–Crippen MR) is 192 cm³/mol. The molecule has 0 saturated heterocycles. The molecule has 1 heteroatoms. The van der Waals surface area contributed by atoms with Gasteiger partial charge >= 0.3 is 0 Å². The summed E-state index contributed by atoms with van der Waals surface area (Å²) in [6, 6.07) is 40.2. The van der Waals surface area contributed by atoms with E-state index >= 15 is 4.79 Å². The van der Waals surface area contributed by atoms with E-state index < -0.39 is 5.41 Å². The Morgan fingerprint density at radius 1 is 0.532 bits per heavy atom. The molecule has 5 aliphatic carbocycles. The van der Waals surface area contributed by atoms with Gasteiger partial charge in [-0.1, -0.05) is 144 Å². The SMILES string of the molecule is CC1(C)C2=CC3c4ccccc4C4(C(=O)C3C=C2c2ccccc21)c1ccccc1-c1cc2c(cc14)-c1ccccc1C2C(C)(C)C. The first-order valence-electron chi connectivity index (χ1n) is 17.2. The monoisotopic (exact) mass is 606 g/mol. The first-order valence-corrected chi connectivity index (χ1v) is 17.2. The second-order valence-corrected chi connectivity index (χ2v) is 16.0. The highest BCUT2D eigenvalue weighted by Crippen LogP contribution is 2.64. The molecule has 0 fully saturated rings. The molecule has 10 rings (SSSR count). The zero-order valence-corrected chi connectivity index (χ0v) is 27.7. The van der Waals surface area contributed by atoms with Crippen molar-refractivity contribution in [1.82, 2.24) is 0 Å². The lowest BCUT2D eigenvalue weighted by Crippen LogP contribution is -2.47. The Labute approximate surface area is 277 Å². The van der Waals surface area contributed by atoms with Crippen LogP contribution in [0.2, 0.25) is 0 Å². The Morgan fingerprint density at radius 3 is 1.89 bits per heavy atom. The standard InChI is InChI=1S/C46H38O/c1-44(2,3)42-30-18-7-6-14-26(30)31-25-41-34(22-35(31)42)29-17-10-13-21-39(29)46(41)38-20-12-9-15-27(38)32-24-40-33(23-36(32)43(46)47)28-16-8-11-19-37(28)45(40,4)5/h6-25,32,36,42H,1-5H3. The van der Waals surface area contributed by atoms with Gasteiger partial charge in [-0.25, -0.2) is 0 Å².